The molecule has 0 amide bonds. The number of halogens is 1. The second-order valence-corrected chi connectivity index (χ2v) is 12.3. The molecule has 1 aliphatic heterocycles. The van der Waals surface area contributed by atoms with E-state index in [-0.39, 0.29) is 5.82 Å². The number of likely N-dealkylation sites (N-methyl/N-ethyl adjacent to an activating group) is 1. The van der Waals surface area contributed by atoms with E-state index >= 15 is 0 Å². The fourth-order valence-electron chi connectivity index (χ4n) is 6.23. The van der Waals surface area contributed by atoms with E-state index in [4.69, 9.17) is 4.98 Å². The monoisotopic (exact) mass is 616 g/mol. The Balaban J connectivity index is 1.18. The average molecular weight is 617 g/mol. The second kappa shape index (κ2) is 12.8. The van der Waals surface area contributed by atoms with Crippen LogP contribution in [-0.2, 0) is 6.42 Å². The van der Waals surface area contributed by atoms with Gasteiger partial charge in [-0.3, -0.25) is 20.1 Å². The minimum Gasteiger partial charge on any atom is -0.357 e. The summed E-state index contributed by atoms with van der Waals surface area (Å²) in [6.07, 6.45) is 11.4. The van der Waals surface area contributed by atoms with Crippen LogP contribution in [0.4, 0.5) is 10.1 Å². The summed E-state index contributed by atoms with van der Waals surface area (Å²) in [5.41, 5.74) is 8.53. The third-order valence-corrected chi connectivity index (χ3v) is 8.30. The zero-order valence-electron chi connectivity index (χ0n) is 26.1. The summed E-state index contributed by atoms with van der Waals surface area (Å²) >= 11 is 0. The van der Waals surface area contributed by atoms with Crippen LogP contribution in [-0.4, -0.2) is 85.2 Å². The van der Waals surface area contributed by atoms with Gasteiger partial charge in [0.25, 0.3) is 0 Å². The average Bonchev–Trinajstić information content (AvgIpc) is 3.80. The molecule has 7 rings (SSSR count). The first-order valence-corrected chi connectivity index (χ1v) is 15.7. The van der Waals surface area contributed by atoms with E-state index in [2.05, 4.69) is 46.9 Å². The number of hydrogen-bond donors (Lipinski definition) is 3. The Morgan fingerprint density at radius 1 is 1.00 bits per heavy atom. The van der Waals surface area contributed by atoms with Crippen LogP contribution in [0.15, 0.2) is 73.5 Å². The Hall–Kier alpha value is -5.00. The summed E-state index contributed by atoms with van der Waals surface area (Å²) in [6, 6.07) is 11.1. The molecule has 1 saturated heterocycles. The lowest BCUT2D eigenvalue weighted by molar-refractivity contribution is 0.334. The van der Waals surface area contributed by atoms with Gasteiger partial charge in [0.05, 0.1) is 40.5 Å². The highest BCUT2D eigenvalue weighted by Crippen LogP contribution is 2.32. The van der Waals surface area contributed by atoms with Gasteiger partial charge in [0.1, 0.15) is 17.0 Å². The van der Waals surface area contributed by atoms with Gasteiger partial charge in [-0.25, -0.2) is 9.37 Å². The molecule has 11 heteroatoms. The van der Waals surface area contributed by atoms with Gasteiger partial charge in [0, 0.05) is 41.1 Å². The molecule has 10 nitrogen and oxygen atoms in total. The van der Waals surface area contributed by atoms with Crippen molar-refractivity contribution < 1.29 is 4.39 Å². The number of hydrogen-bond acceptors (Lipinski definition) is 8. The maximum absolute atomic E-state index is 14.9. The smallest absolute Gasteiger partial charge is 0.159 e. The van der Waals surface area contributed by atoms with Crippen LogP contribution in [0, 0.1) is 5.82 Å². The molecule has 0 spiro atoms. The Labute approximate surface area is 266 Å². The molecule has 3 N–H and O–H groups in total. The van der Waals surface area contributed by atoms with Crippen LogP contribution in [0.1, 0.15) is 24.8 Å². The number of imidazole rings is 1. The molecule has 0 unspecified atom stereocenters. The van der Waals surface area contributed by atoms with Crippen LogP contribution in [0.3, 0.4) is 0 Å². The minimum atomic E-state index is -0.266. The number of aromatic amines is 2. The van der Waals surface area contributed by atoms with E-state index in [1.165, 1.54) is 32.0 Å². The molecule has 1 aromatic carbocycles. The predicted molar refractivity (Wildman–Crippen MR) is 181 cm³/mol. The number of rotatable bonds is 11. The Morgan fingerprint density at radius 2 is 1.87 bits per heavy atom. The van der Waals surface area contributed by atoms with Gasteiger partial charge in [-0.2, -0.15) is 5.10 Å². The molecule has 0 saturated carbocycles. The molecule has 0 radical (unpaired) electrons. The first-order chi connectivity index (χ1) is 22.4. The van der Waals surface area contributed by atoms with Crippen molar-refractivity contribution in [2.75, 3.05) is 45.6 Å². The van der Waals surface area contributed by atoms with E-state index in [0.717, 1.165) is 64.0 Å². The largest absolute Gasteiger partial charge is 0.357 e. The van der Waals surface area contributed by atoms with E-state index in [1.54, 1.807) is 30.9 Å². The molecule has 0 bridgehead atoms. The lowest BCUT2D eigenvalue weighted by Crippen LogP contribution is -2.20. The maximum Gasteiger partial charge on any atom is 0.159 e. The number of fused-ring (bicyclic) bond motifs is 2. The summed E-state index contributed by atoms with van der Waals surface area (Å²) in [5, 5.41) is 11.9. The van der Waals surface area contributed by atoms with Gasteiger partial charge in [0.15, 0.2) is 5.82 Å². The number of aryl methyl sites for hydroxylation is 1. The van der Waals surface area contributed by atoms with Crippen molar-refractivity contribution >= 4 is 27.6 Å². The lowest BCUT2D eigenvalue weighted by atomic mass is 10.0. The molecule has 0 aliphatic carbocycles. The van der Waals surface area contributed by atoms with Crippen molar-refractivity contribution in [1.82, 2.24) is 44.9 Å². The molecule has 0 atom stereocenters. The molecule has 1 aliphatic rings. The van der Waals surface area contributed by atoms with Gasteiger partial charge < -0.3 is 20.1 Å². The molecule has 5 aromatic heterocycles. The quantitative estimate of drug-likeness (QED) is 0.156. The van der Waals surface area contributed by atoms with Crippen molar-refractivity contribution in [3.8, 4) is 34.0 Å². The number of pyridine rings is 3. The Kier molecular flexibility index (Phi) is 8.25. The first kappa shape index (κ1) is 29.7. The highest BCUT2D eigenvalue weighted by atomic mass is 19.1. The van der Waals surface area contributed by atoms with Crippen molar-refractivity contribution in [3.05, 3.63) is 84.8 Å². The highest BCUT2D eigenvalue weighted by Gasteiger charge is 2.18. The Bertz CT molecular complexity index is 2020. The van der Waals surface area contributed by atoms with Gasteiger partial charge >= 0.3 is 0 Å². The van der Waals surface area contributed by atoms with E-state index in [0.29, 0.717) is 34.8 Å². The van der Waals surface area contributed by atoms with Crippen LogP contribution in [0.25, 0.3) is 56.0 Å². The van der Waals surface area contributed by atoms with E-state index in [9.17, 15) is 4.39 Å². The molecule has 234 valence electrons. The minimum absolute atomic E-state index is 0.266. The van der Waals surface area contributed by atoms with Crippen LogP contribution in [0.5, 0.6) is 0 Å². The molecule has 1 fully saturated rings. The van der Waals surface area contributed by atoms with E-state index in [1.807, 2.05) is 43.3 Å². The summed E-state index contributed by atoms with van der Waals surface area (Å²) in [7, 11) is 4.00. The third-order valence-electron chi connectivity index (χ3n) is 8.30. The number of likely N-dealkylation sites (tertiary alicyclic amines) is 1. The topological polar surface area (TPSA) is 115 Å². The molecular weight excluding hydrogens is 579 g/mol. The zero-order valence-corrected chi connectivity index (χ0v) is 26.1. The fraction of sp³-hybridized carbons (Fsp3) is 0.286. The standard InChI is InChI=1S/C35H37FN10/c1-22(21-45(2)3)40-27-16-25(18-37-19-27)30-17-28-31(20-39-30)43-44-33(28)35-41-29-8-9-38-32(34(29)42-35)24-13-23(14-26(36)15-24)7-6-12-46-10-4-5-11-46/h8-9,13-20,40H,1,4-7,10-12,21H2,2-3H3,(H,41,42)(H,43,44). The number of benzene rings is 1. The molecule has 46 heavy (non-hydrogen) atoms. The summed E-state index contributed by atoms with van der Waals surface area (Å²) < 4.78 is 14.9. The zero-order chi connectivity index (χ0) is 31.6. The highest BCUT2D eigenvalue weighted by molar-refractivity contribution is 5.97. The number of H-pyrrole nitrogens is 2. The van der Waals surface area contributed by atoms with Crippen molar-refractivity contribution in [2.45, 2.75) is 25.7 Å². The van der Waals surface area contributed by atoms with Gasteiger partial charge in [-0.05, 0) is 101 Å². The van der Waals surface area contributed by atoms with Crippen molar-refractivity contribution in [3.63, 3.8) is 0 Å². The normalized spacial score (nSPS) is 13.7. The number of nitrogens with zero attached hydrogens (tertiary/aromatic N) is 7. The summed E-state index contributed by atoms with van der Waals surface area (Å²) in [5.74, 6) is 0.320. The van der Waals surface area contributed by atoms with Gasteiger partial charge in [0.2, 0.25) is 0 Å². The maximum atomic E-state index is 14.9. The van der Waals surface area contributed by atoms with Crippen LogP contribution >= 0.6 is 0 Å². The van der Waals surface area contributed by atoms with Gasteiger partial charge in [-0.15, -0.1) is 0 Å². The molecular formula is C35H37FN10. The summed E-state index contributed by atoms with van der Waals surface area (Å²) in [4.78, 5) is 26.6. The predicted octanol–water partition coefficient (Wildman–Crippen LogP) is 6.28. The Morgan fingerprint density at radius 3 is 2.72 bits per heavy atom. The van der Waals surface area contributed by atoms with Crippen LogP contribution < -0.4 is 5.32 Å². The summed E-state index contributed by atoms with van der Waals surface area (Å²) in [6.45, 7) is 8.19. The fourth-order valence-corrected chi connectivity index (χ4v) is 6.23. The third kappa shape index (κ3) is 6.37. The van der Waals surface area contributed by atoms with Crippen molar-refractivity contribution in [1.29, 1.82) is 0 Å². The van der Waals surface area contributed by atoms with E-state index < -0.39 is 0 Å². The first-order valence-electron chi connectivity index (χ1n) is 15.7. The number of nitrogens with one attached hydrogen (secondary N) is 3. The van der Waals surface area contributed by atoms with Crippen molar-refractivity contribution in [2.24, 2.45) is 0 Å². The SMILES string of the molecule is C=C(CN(C)C)Nc1cncc(-c2cc3c(-c4nc5c(-c6cc(F)cc(CCCN7CCCC7)c6)nccc5[nH]4)n[nH]c3cn2)c1. The lowest BCUT2D eigenvalue weighted by Gasteiger charge is -2.14. The van der Waals surface area contributed by atoms with Crippen LogP contribution in [0.2, 0.25) is 0 Å². The molecule has 6 aromatic rings. The second-order valence-electron chi connectivity index (χ2n) is 12.3. The number of anilines is 1. The molecule has 6 heterocycles. The van der Waals surface area contributed by atoms with Gasteiger partial charge in [-0.1, -0.05) is 6.58 Å². The number of aromatic nitrogens is 7.